The monoisotopic (exact) mass is 279 g/mol. The van der Waals surface area contributed by atoms with Gasteiger partial charge in [-0.05, 0) is 31.0 Å². The molecule has 98 valence electrons. The molecule has 0 aliphatic rings. The molecule has 2 unspecified atom stereocenters. The molecule has 0 saturated heterocycles. The van der Waals surface area contributed by atoms with E-state index in [9.17, 15) is 8.76 Å². The summed E-state index contributed by atoms with van der Waals surface area (Å²) in [6.45, 7) is 1.89. The summed E-state index contributed by atoms with van der Waals surface area (Å²) in [5.74, 6) is 0.484. The van der Waals surface area contributed by atoms with Crippen molar-refractivity contribution in [3.8, 4) is 5.75 Å². The molecule has 0 heterocycles. The second-order valence-electron chi connectivity index (χ2n) is 3.55. The van der Waals surface area contributed by atoms with Crippen LogP contribution < -0.4 is 15.2 Å². The molecule has 0 spiro atoms. The van der Waals surface area contributed by atoms with Gasteiger partial charge in [-0.15, -0.1) is 12.4 Å². The van der Waals surface area contributed by atoms with Crippen molar-refractivity contribution in [2.75, 3.05) is 11.8 Å². The summed E-state index contributed by atoms with van der Waals surface area (Å²) in [5.41, 5.74) is 7.06. The number of benzene rings is 1. The molecule has 17 heavy (non-hydrogen) atoms. The quantitative estimate of drug-likeness (QED) is 0.793. The zero-order valence-corrected chi connectivity index (χ0v) is 11.3. The number of nitrogens with two attached hydrogens (primary N) is 1. The third-order valence-electron chi connectivity index (χ3n) is 2.01. The molecule has 1 aromatic carbocycles. The first-order chi connectivity index (χ1) is 7.52. The maximum atomic E-state index is 10.6. The van der Waals surface area contributed by atoms with Gasteiger partial charge in [-0.25, -0.2) is 0 Å². The predicted octanol–water partition coefficient (Wildman–Crippen LogP) is 1.21. The Morgan fingerprint density at radius 1 is 1.59 bits per heavy atom. The molecule has 0 bridgehead atoms. The van der Waals surface area contributed by atoms with E-state index in [4.69, 9.17) is 10.5 Å². The topological polar surface area (TPSA) is 87.4 Å². The molecule has 3 N–H and O–H groups in total. The molecule has 7 heteroatoms. The lowest BCUT2D eigenvalue weighted by atomic mass is 10.1. The van der Waals surface area contributed by atoms with Crippen LogP contribution in [0.2, 0.25) is 0 Å². The maximum Gasteiger partial charge on any atom is 0.142 e. The van der Waals surface area contributed by atoms with Gasteiger partial charge in [-0.1, -0.05) is 6.07 Å². The van der Waals surface area contributed by atoms with Gasteiger partial charge in [0.05, 0.1) is 12.8 Å². The van der Waals surface area contributed by atoms with Gasteiger partial charge in [0.2, 0.25) is 0 Å². The number of methoxy groups -OCH3 is 1. The average molecular weight is 280 g/mol. The lowest BCUT2D eigenvalue weighted by Crippen LogP contribution is -2.17. The Kier molecular flexibility index (Phi) is 7.13. The molecule has 1 aromatic rings. The van der Waals surface area contributed by atoms with Crippen molar-refractivity contribution in [3.05, 3.63) is 23.8 Å². The van der Waals surface area contributed by atoms with Gasteiger partial charge in [0.1, 0.15) is 5.75 Å². The lowest BCUT2D eigenvalue weighted by molar-refractivity contribution is 0.416. The van der Waals surface area contributed by atoms with Gasteiger partial charge in [-0.3, -0.25) is 4.21 Å². The highest BCUT2D eigenvalue weighted by atomic mass is 35.5. The Balaban J connectivity index is 0.00000256. The molecule has 0 aliphatic carbocycles. The van der Waals surface area contributed by atoms with Crippen LogP contribution in [-0.4, -0.2) is 21.9 Å². The van der Waals surface area contributed by atoms with Crippen molar-refractivity contribution in [1.29, 1.82) is 0 Å². The minimum Gasteiger partial charge on any atom is -0.755 e. The van der Waals surface area contributed by atoms with Gasteiger partial charge in [-0.2, -0.15) is 0 Å². The number of halogens is 1. The highest BCUT2D eigenvalue weighted by Crippen LogP contribution is 2.26. The fourth-order valence-corrected chi connectivity index (χ4v) is 1.76. The Hall–Kier alpha value is -0.820. The van der Waals surface area contributed by atoms with Crippen LogP contribution in [0, 0.1) is 0 Å². The molecule has 2 atom stereocenters. The maximum absolute atomic E-state index is 10.6. The smallest absolute Gasteiger partial charge is 0.142 e. The molecule has 5 nitrogen and oxygen atoms in total. The van der Waals surface area contributed by atoms with E-state index in [0.717, 1.165) is 5.56 Å². The van der Waals surface area contributed by atoms with Crippen molar-refractivity contribution in [2.45, 2.75) is 19.4 Å². The minimum absolute atomic E-state index is 0. The van der Waals surface area contributed by atoms with E-state index < -0.39 is 11.3 Å². The summed E-state index contributed by atoms with van der Waals surface area (Å²) in [6, 6.07) is 5.32. The molecule has 0 amide bonds. The summed E-state index contributed by atoms with van der Waals surface area (Å²) in [4.78, 5) is 0. The van der Waals surface area contributed by atoms with Crippen molar-refractivity contribution >= 4 is 29.4 Å². The first kappa shape index (κ1) is 16.2. The van der Waals surface area contributed by atoms with Crippen molar-refractivity contribution < 1.29 is 13.5 Å². The standard InChI is InChI=1S/C10H16N2O3S.ClH/c1-7(11)5-8-3-4-10(15-2)9(6-8)12-16(13)14;/h3-4,6-7,12H,5,11H2,1-2H3,(H,13,14);1H/p-1. The number of hydrogen-bond acceptors (Lipinski definition) is 4. The Labute approximate surface area is 110 Å². The Morgan fingerprint density at radius 3 is 2.71 bits per heavy atom. The third-order valence-corrected chi connectivity index (χ3v) is 2.40. The minimum atomic E-state index is -2.36. The van der Waals surface area contributed by atoms with Gasteiger partial charge in [0, 0.05) is 17.3 Å². The molecule has 0 aromatic heterocycles. The van der Waals surface area contributed by atoms with Gasteiger partial charge >= 0.3 is 0 Å². The Bertz CT molecular complexity index is 388. The van der Waals surface area contributed by atoms with Crippen LogP contribution in [0.4, 0.5) is 5.69 Å². The van der Waals surface area contributed by atoms with E-state index in [0.29, 0.717) is 17.9 Å². The molecule has 1 rings (SSSR count). The normalized spacial score (nSPS) is 13.4. The summed E-state index contributed by atoms with van der Waals surface area (Å²) in [5, 5.41) is 0. The summed E-state index contributed by atoms with van der Waals surface area (Å²) in [7, 11) is 1.49. The van der Waals surface area contributed by atoms with Gasteiger partial charge in [0.25, 0.3) is 0 Å². The van der Waals surface area contributed by atoms with Gasteiger partial charge < -0.3 is 19.7 Å². The fraction of sp³-hybridized carbons (Fsp3) is 0.400. The third kappa shape index (κ3) is 5.36. The van der Waals surface area contributed by atoms with Crippen LogP contribution in [0.15, 0.2) is 18.2 Å². The van der Waals surface area contributed by atoms with E-state index in [1.807, 2.05) is 13.0 Å². The fourth-order valence-electron chi connectivity index (χ4n) is 1.42. The van der Waals surface area contributed by atoms with Crippen molar-refractivity contribution in [2.24, 2.45) is 5.73 Å². The zero-order chi connectivity index (χ0) is 12.1. The summed E-state index contributed by atoms with van der Waals surface area (Å²) in [6.07, 6.45) is 0.685. The van der Waals surface area contributed by atoms with E-state index in [1.54, 1.807) is 12.1 Å². The highest BCUT2D eigenvalue weighted by Gasteiger charge is 2.05. The zero-order valence-electron chi connectivity index (χ0n) is 9.64. The summed E-state index contributed by atoms with van der Waals surface area (Å²) >= 11 is -2.36. The number of anilines is 1. The molecular formula is C10H16ClN2O3S-. The molecule has 0 radical (unpaired) electrons. The average Bonchev–Trinajstić information content (AvgIpc) is 2.16. The van der Waals surface area contributed by atoms with Crippen LogP contribution >= 0.6 is 12.4 Å². The van der Waals surface area contributed by atoms with Crippen LogP contribution in [0.1, 0.15) is 12.5 Å². The largest absolute Gasteiger partial charge is 0.755 e. The second-order valence-corrected chi connectivity index (χ2v) is 4.23. The first-order valence-corrected chi connectivity index (χ1v) is 5.89. The SMILES string of the molecule is COc1ccc(CC(C)N)cc1NS(=O)[O-].Cl. The second kappa shape index (κ2) is 7.50. The van der Waals surface area contributed by atoms with E-state index in [2.05, 4.69) is 4.72 Å². The Morgan fingerprint density at radius 2 is 2.24 bits per heavy atom. The molecule has 0 aliphatic heterocycles. The highest BCUT2D eigenvalue weighted by molar-refractivity contribution is 7.80. The van der Waals surface area contributed by atoms with Crippen LogP contribution in [0.25, 0.3) is 0 Å². The molecular weight excluding hydrogens is 264 g/mol. The van der Waals surface area contributed by atoms with Crippen LogP contribution in [-0.2, 0) is 17.7 Å². The number of rotatable bonds is 5. The van der Waals surface area contributed by atoms with E-state index in [1.165, 1.54) is 7.11 Å². The molecule has 0 saturated carbocycles. The molecule has 0 fully saturated rings. The number of ether oxygens (including phenoxy) is 1. The number of hydrogen-bond donors (Lipinski definition) is 2. The van der Waals surface area contributed by atoms with Crippen molar-refractivity contribution in [3.63, 3.8) is 0 Å². The predicted molar refractivity (Wildman–Crippen MR) is 70.1 cm³/mol. The van der Waals surface area contributed by atoms with Crippen LogP contribution in [0.3, 0.4) is 0 Å². The summed E-state index contributed by atoms with van der Waals surface area (Å²) < 4.78 is 28.5. The number of nitrogens with one attached hydrogen (secondary N) is 1. The first-order valence-electron chi connectivity index (χ1n) is 4.81. The lowest BCUT2D eigenvalue weighted by Gasteiger charge is -2.14. The van der Waals surface area contributed by atoms with E-state index in [-0.39, 0.29) is 18.4 Å². The van der Waals surface area contributed by atoms with Crippen molar-refractivity contribution in [1.82, 2.24) is 0 Å². The van der Waals surface area contributed by atoms with Crippen LogP contribution in [0.5, 0.6) is 5.75 Å². The van der Waals surface area contributed by atoms with Gasteiger partial charge in [0.15, 0.2) is 0 Å². The van der Waals surface area contributed by atoms with E-state index >= 15 is 0 Å².